The summed E-state index contributed by atoms with van der Waals surface area (Å²) in [6, 6.07) is 8.61. The first-order valence-electron chi connectivity index (χ1n) is 7.37. The van der Waals surface area contributed by atoms with Crippen LogP contribution in [0.25, 0.3) is 0 Å². The van der Waals surface area contributed by atoms with E-state index in [1.165, 1.54) is 11.3 Å². The van der Waals surface area contributed by atoms with Crippen LogP contribution in [0.15, 0.2) is 24.3 Å². The second-order valence-electron chi connectivity index (χ2n) is 6.30. The van der Waals surface area contributed by atoms with Gasteiger partial charge >= 0.3 is 0 Å². The minimum atomic E-state index is 0. The lowest BCUT2D eigenvalue weighted by Crippen LogP contribution is -2.48. The van der Waals surface area contributed by atoms with Crippen molar-refractivity contribution in [3.8, 4) is 0 Å². The van der Waals surface area contributed by atoms with Crippen molar-refractivity contribution in [3.05, 3.63) is 29.8 Å². The third-order valence-corrected chi connectivity index (χ3v) is 4.64. The Bertz CT molecular complexity index is 514. The molecule has 0 aromatic heterocycles. The number of hydrogen-bond donors (Lipinski definition) is 1. The van der Waals surface area contributed by atoms with Gasteiger partial charge in [0.15, 0.2) is 0 Å². The van der Waals surface area contributed by atoms with Crippen molar-refractivity contribution in [1.82, 2.24) is 9.80 Å². The molecule has 1 aromatic rings. The maximum absolute atomic E-state index is 12.1. The van der Waals surface area contributed by atoms with Crippen LogP contribution >= 0.6 is 24.8 Å². The zero-order chi connectivity index (χ0) is 14.2. The summed E-state index contributed by atoms with van der Waals surface area (Å²) in [4.78, 5) is 16.1. The number of anilines is 1. The lowest BCUT2D eigenvalue weighted by atomic mass is 9.74. The normalized spacial score (nSPS) is 18.2. The summed E-state index contributed by atoms with van der Waals surface area (Å²) in [6.07, 6.45) is 2.13. The van der Waals surface area contributed by atoms with Crippen LogP contribution in [-0.4, -0.2) is 56.0 Å². The van der Waals surface area contributed by atoms with Gasteiger partial charge in [0.25, 0.3) is 0 Å². The average molecular weight is 346 g/mol. The molecule has 2 heterocycles. The quantitative estimate of drug-likeness (QED) is 0.893. The van der Waals surface area contributed by atoms with Crippen LogP contribution < -0.4 is 5.32 Å². The van der Waals surface area contributed by atoms with Crippen LogP contribution in [-0.2, 0) is 10.2 Å². The largest absolute Gasteiger partial charge is 0.384 e. The van der Waals surface area contributed by atoms with Crippen molar-refractivity contribution in [2.45, 2.75) is 18.3 Å². The highest BCUT2D eigenvalue weighted by Crippen LogP contribution is 2.43. The molecular formula is C16H25Cl2N3O. The smallest absolute Gasteiger partial charge is 0.236 e. The molecule has 22 heavy (non-hydrogen) atoms. The molecule has 4 nitrogen and oxygen atoms in total. The maximum Gasteiger partial charge on any atom is 0.236 e. The Hall–Kier alpha value is -0.970. The Morgan fingerprint density at radius 1 is 1.23 bits per heavy atom. The molecule has 3 rings (SSSR count). The number of para-hydroxylation sites is 1. The number of benzene rings is 1. The number of likely N-dealkylation sites (tertiary alicyclic amines) is 1. The van der Waals surface area contributed by atoms with Crippen molar-refractivity contribution < 1.29 is 4.79 Å². The number of halogens is 2. The first kappa shape index (κ1) is 19.1. The number of nitrogens with one attached hydrogen (secondary N) is 1. The first-order chi connectivity index (χ1) is 9.61. The van der Waals surface area contributed by atoms with Gasteiger partial charge in [0.05, 0.1) is 6.54 Å². The topological polar surface area (TPSA) is 35.6 Å². The van der Waals surface area contributed by atoms with E-state index in [4.69, 9.17) is 0 Å². The third kappa shape index (κ3) is 3.50. The standard InChI is InChI=1S/C16H23N3O.2ClH/c1-18(2)11-15(20)19-9-7-16(8-10-19)12-17-14-6-4-3-5-13(14)16;;/h3-6,17H,7-12H2,1-2H3;2*1H. The fourth-order valence-corrected chi connectivity index (χ4v) is 3.46. The van der Waals surface area contributed by atoms with Crippen molar-refractivity contribution in [3.63, 3.8) is 0 Å². The van der Waals surface area contributed by atoms with Gasteiger partial charge in [0.1, 0.15) is 0 Å². The van der Waals surface area contributed by atoms with Crippen LogP contribution in [0.3, 0.4) is 0 Å². The summed E-state index contributed by atoms with van der Waals surface area (Å²) >= 11 is 0. The van der Waals surface area contributed by atoms with E-state index < -0.39 is 0 Å². The summed E-state index contributed by atoms with van der Waals surface area (Å²) in [7, 11) is 3.89. The molecule has 1 aromatic carbocycles. The summed E-state index contributed by atoms with van der Waals surface area (Å²) in [6.45, 7) is 3.29. The minimum absolute atomic E-state index is 0. The second-order valence-corrected chi connectivity index (χ2v) is 6.30. The van der Waals surface area contributed by atoms with E-state index in [-0.39, 0.29) is 36.1 Å². The van der Waals surface area contributed by atoms with Gasteiger partial charge in [-0.1, -0.05) is 18.2 Å². The summed E-state index contributed by atoms with van der Waals surface area (Å²) in [5.41, 5.74) is 2.96. The molecule has 0 aliphatic carbocycles. The number of nitrogens with zero attached hydrogens (tertiary/aromatic N) is 2. The van der Waals surface area contributed by atoms with Crippen LogP contribution in [0.2, 0.25) is 0 Å². The number of fused-ring (bicyclic) bond motifs is 2. The molecule has 1 fully saturated rings. The van der Waals surface area contributed by atoms with Gasteiger partial charge in [-0.05, 0) is 38.6 Å². The number of carbonyl (C=O) groups is 1. The lowest BCUT2D eigenvalue weighted by molar-refractivity contribution is -0.133. The fourth-order valence-electron chi connectivity index (χ4n) is 3.46. The molecule has 0 radical (unpaired) electrons. The minimum Gasteiger partial charge on any atom is -0.384 e. The molecule has 0 saturated carbocycles. The molecule has 124 valence electrons. The third-order valence-electron chi connectivity index (χ3n) is 4.64. The SMILES string of the molecule is CN(C)CC(=O)N1CCC2(CC1)CNc1ccccc12.Cl.Cl. The molecule has 2 aliphatic heterocycles. The zero-order valence-corrected chi connectivity index (χ0v) is 14.8. The number of likely N-dealkylation sites (N-methyl/N-ethyl adjacent to an activating group) is 1. The maximum atomic E-state index is 12.1. The van der Waals surface area contributed by atoms with Gasteiger partial charge in [0, 0.05) is 30.7 Å². The van der Waals surface area contributed by atoms with Gasteiger partial charge in [-0.2, -0.15) is 0 Å². The molecule has 1 spiro atoms. The van der Waals surface area contributed by atoms with E-state index in [1.54, 1.807) is 0 Å². The van der Waals surface area contributed by atoms with Crippen LogP contribution in [0.1, 0.15) is 18.4 Å². The predicted molar refractivity (Wildman–Crippen MR) is 95.5 cm³/mol. The van der Waals surface area contributed by atoms with Crippen molar-refractivity contribution >= 4 is 36.4 Å². The van der Waals surface area contributed by atoms with E-state index in [2.05, 4.69) is 29.6 Å². The Kier molecular flexibility index (Phi) is 6.53. The molecule has 1 N–H and O–H groups in total. The monoisotopic (exact) mass is 345 g/mol. The van der Waals surface area contributed by atoms with Gasteiger partial charge in [-0.25, -0.2) is 0 Å². The highest BCUT2D eigenvalue weighted by molar-refractivity contribution is 5.85. The van der Waals surface area contributed by atoms with Crippen LogP contribution in [0.4, 0.5) is 5.69 Å². The Morgan fingerprint density at radius 2 is 1.86 bits per heavy atom. The zero-order valence-electron chi connectivity index (χ0n) is 13.2. The molecule has 1 saturated heterocycles. The van der Waals surface area contributed by atoms with Gasteiger partial charge < -0.3 is 15.1 Å². The highest BCUT2D eigenvalue weighted by Gasteiger charge is 2.41. The Labute approximate surface area is 145 Å². The summed E-state index contributed by atoms with van der Waals surface area (Å²) in [5.74, 6) is 0.254. The number of carbonyl (C=O) groups excluding carboxylic acids is 1. The first-order valence-corrected chi connectivity index (χ1v) is 7.37. The number of rotatable bonds is 2. The van der Waals surface area contributed by atoms with E-state index in [0.29, 0.717) is 6.54 Å². The number of hydrogen-bond acceptors (Lipinski definition) is 3. The molecule has 0 atom stereocenters. The Morgan fingerprint density at radius 3 is 2.50 bits per heavy atom. The van der Waals surface area contributed by atoms with Gasteiger partial charge in [-0.15, -0.1) is 24.8 Å². The molecular weight excluding hydrogens is 321 g/mol. The van der Waals surface area contributed by atoms with Gasteiger partial charge in [-0.3, -0.25) is 4.79 Å². The van der Waals surface area contributed by atoms with Gasteiger partial charge in [0.2, 0.25) is 5.91 Å². The number of amides is 1. The summed E-state index contributed by atoms with van der Waals surface area (Å²) < 4.78 is 0. The fraction of sp³-hybridized carbons (Fsp3) is 0.562. The lowest BCUT2D eigenvalue weighted by Gasteiger charge is -2.39. The molecule has 2 aliphatic rings. The van der Waals surface area contributed by atoms with Crippen molar-refractivity contribution in [2.24, 2.45) is 0 Å². The molecule has 6 heteroatoms. The van der Waals surface area contributed by atoms with E-state index in [0.717, 1.165) is 32.5 Å². The van der Waals surface area contributed by atoms with Crippen LogP contribution in [0, 0.1) is 0 Å². The van der Waals surface area contributed by atoms with E-state index >= 15 is 0 Å². The van der Waals surface area contributed by atoms with Crippen molar-refractivity contribution in [1.29, 1.82) is 0 Å². The van der Waals surface area contributed by atoms with Crippen molar-refractivity contribution in [2.75, 3.05) is 45.6 Å². The summed E-state index contributed by atoms with van der Waals surface area (Å²) in [5, 5.41) is 3.53. The average Bonchev–Trinajstić information content (AvgIpc) is 2.78. The second kappa shape index (κ2) is 7.53. The Balaban J connectivity index is 0.00000121. The number of piperidine rings is 1. The van der Waals surface area contributed by atoms with Crippen LogP contribution in [0.5, 0.6) is 0 Å². The molecule has 1 amide bonds. The predicted octanol–water partition coefficient (Wildman–Crippen LogP) is 2.38. The molecule has 0 bridgehead atoms. The van der Waals surface area contributed by atoms with E-state index in [1.807, 2.05) is 23.9 Å². The highest BCUT2D eigenvalue weighted by atomic mass is 35.5. The molecule has 0 unspecified atom stereocenters. The van der Waals surface area contributed by atoms with E-state index in [9.17, 15) is 4.79 Å².